The molecule has 4 N–H and O–H groups in total. The number of para-hydroxylation sites is 1. The second-order valence-corrected chi connectivity index (χ2v) is 10.0. The lowest BCUT2D eigenvalue weighted by atomic mass is 9.94. The highest BCUT2D eigenvalue weighted by molar-refractivity contribution is 5.97. The van der Waals surface area contributed by atoms with E-state index in [9.17, 15) is 4.79 Å². The van der Waals surface area contributed by atoms with Gasteiger partial charge in [-0.1, -0.05) is 78.9 Å². The van der Waals surface area contributed by atoms with Crippen molar-refractivity contribution in [1.29, 1.82) is 0 Å². The second kappa shape index (κ2) is 10.9. The Kier molecular flexibility index (Phi) is 7.25. The lowest BCUT2D eigenvalue weighted by molar-refractivity contribution is 0.0785. The molecule has 0 unspecified atom stereocenters. The van der Waals surface area contributed by atoms with Gasteiger partial charge in [-0.05, 0) is 54.3 Å². The standard InChI is InChI=1S/C32H31N5O2/c1-32(34,20-22-11-5-3-6-12-22)31-36-35-29(39-31)25-17-24(27-15-9-10-16-28(27)33)18-26(19-25)30(38)37(2)21-23-13-7-4-8-14-23/h3-19H,20-21,33-34H2,1-2H3/t32-/m1/s1. The van der Waals surface area contributed by atoms with Crippen LogP contribution in [0.1, 0.15) is 34.3 Å². The van der Waals surface area contributed by atoms with Crippen LogP contribution in [0.15, 0.2) is 108 Å². The third-order valence-electron chi connectivity index (χ3n) is 6.64. The van der Waals surface area contributed by atoms with Gasteiger partial charge in [0.15, 0.2) is 0 Å². The Morgan fingerprint density at radius 1 is 0.846 bits per heavy atom. The molecular weight excluding hydrogens is 486 g/mol. The summed E-state index contributed by atoms with van der Waals surface area (Å²) in [4.78, 5) is 15.3. The second-order valence-electron chi connectivity index (χ2n) is 10.0. The molecule has 0 aliphatic carbocycles. The third kappa shape index (κ3) is 5.89. The number of nitrogens with two attached hydrogens (primary N) is 2. The molecule has 7 heteroatoms. The first-order chi connectivity index (χ1) is 18.8. The molecule has 39 heavy (non-hydrogen) atoms. The summed E-state index contributed by atoms with van der Waals surface area (Å²) in [7, 11) is 1.78. The largest absolute Gasteiger partial charge is 0.419 e. The fourth-order valence-electron chi connectivity index (χ4n) is 4.61. The minimum absolute atomic E-state index is 0.135. The quantitative estimate of drug-likeness (QED) is 0.256. The van der Waals surface area contributed by atoms with Crippen molar-refractivity contribution in [3.63, 3.8) is 0 Å². The number of carbonyl (C=O) groups is 1. The van der Waals surface area contributed by atoms with Crippen LogP contribution in [0.3, 0.4) is 0 Å². The molecular formula is C32H31N5O2. The zero-order chi connectivity index (χ0) is 27.4. The van der Waals surface area contributed by atoms with Crippen molar-refractivity contribution in [2.75, 3.05) is 12.8 Å². The first kappa shape index (κ1) is 25.9. The fraction of sp³-hybridized carbons (Fsp3) is 0.156. The van der Waals surface area contributed by atoms with Gasteiger partial charge < -0.3 is 20.8 Å². The van der Waals surface area contributed by atoms with Crippen LogP contribution < -0.4 is 11.5 Å². The zero-order valence-corrected chi connectivity index (χ0v) is 22.0. The van der Waals surface area contributed by atoms with Gasteiger partial charge in [0, 0.05) is 36.0 Å². The van der Waals surface area contributed by atoms with E-state index in [0.717, 1.165) is 22.3 Å². The van der Waals surface area contributed by atoms with Crippen LogP contribution in [0.4, 0.5) is 5.69 Å². The van der Waals surface area contributed by atoms with Crippen molar-refractivity contribution in [2.45, 2.75) is 25.4 Å². The summed E-state index contributed by atoms with van der Waals surface area (Å²) in [5, 5.41) is 8.60. The van der Waals surface area contributed by atoms with E-state index in [4.69, 9.17) is 15.9 Å². The van der Waals surface area contributed by atoms with Crippen molar-refractivity contribution < 1.29 is 9.21 Å². The van der Waals surface area contributed by atoms with E-state index in [0.29, 0.717) is 35.7 Å². The summed E-state index contributed by atoms with van der Waals surface area (Å²) in [6.07, 6.45) is 0.532. The molecule has 0 aliphatic rings. The number of aromatic nitrogens is 2. The molecule has 1 aromatic heterocycles. The Labute approximate surface area is 228 Å². The van der Waals surface area contributed by atoms with Crippen molar-refractivity contribution in [3.8, 4) is 22.6 Å². The van der Waals surface area contributed by atoms with Crippen molar-refractivity contribution in [1.82, 2.24) is 15.1 Å². The number of amides is 1. The summed E-state index contributed by atoms with van der Waals surface area (Å²) in [6, 6.07) is 32.9. The summed E-state index contributed by atoms with van der Waals surface area (Å²) in [6.45, 7) is 2.34. The van der Waals surface area contributed by atoms with Gasteiger partial charge in [-0.15, -0.1) is 10.2 Å². The molecule has 0 bridgehead atoms. The number of carbonyl (C=O) groups excluding carboxylic acids is 1. The Balaban J connectivity index is 1.51. The Hall–Kier alpha value is -4.75. The Morgan fingerprint density at radius 3 is 2.15 bits per heavy atom. The molecule has 0 radical (unpaired) electrons. The predicted molar refractivity (Wildman–Crippen MR) is 154 cm³/mol. The molecule has 5 aromatic rings. The lowest BCUT2D eigenvalue weighted by Gasteiger charge is -2.20. The number of hydrogen-bond donors (Lipinski definition) is 2. The van der Waals surface area contributed by atoms with E-state index in [1.807, 2.05) is 104 Å². The van der Waals surface area contributed by atoms with E-state index < -0.39 is 5.54 Å². The molecule has 196 valence electrons. The van der Waals surface area contributed by atoms with E-state index in [1.165, 1.54) is 0 Å². The van der Waals surface area contributed by atoms with E-state index in [-0.39, 0.29) is 11.8 Å². The lowest BCUT2D eigenvalue weighted by Crippen LogP contribution is -2.35. The van der Waals surface area contributed by atoms with Gasteiger partial charge in [0.25, 0.3) is 5.91 Å². The van der Waals surface area contributed by atoms with Crippen molar-refractivity contribution in [3.05, 3.63) is 126 Å². The normalized spacial score (nSPS) is 12.6. The molecule has 4 aromatic carbocycles. The van der Waals surface area contributed by atoms with Crippen LogP contribution in [-0.4, -0.2) is 28.1 Å². The molecule has 0 fully saturated rings. The summed E-state index contributed by atoms with van der Waals surface area (Å²) in [5.74, 6) is 0.467. The van der Waals surface area contributed by atoms with Crippen molar-refractivity contribution >= 4 is 11.6 Å². The molecule has 0 saturated carbocycles. The molecule has 0 aliphatic heterocycles. The Bertz CT molecular complexity index is 1580. The summed E-state index contributed by atoms with van der Waals surface area (Å²) in [5.41, 5.74) is 17.5. The average molecular weight is 518 g/mol. The molecule has 1 heterocycles. The number of hydrogen-bond acceptors (Lipinski definition) is 6. The highest BCUT2D eigenvalue weighted by Crippen LogP contribution is 2.33. The first-order valence-electron chi connectivity index (χ1n) is 12.8. The molecule has 7 nitrogen and oxygen atoms in total. The SMILES string of the molecule is CN(Cc1ccccc1)C(=O)c1cc(-c2nnc([C@](C)(N)Cc3ccccc3)o2)cc(-c2ccccc2N)c1. The van der Waals surface area contributed by atoms with Crippen LogP contribution in [0.5, 0.6) is 0 Å². The zero-order valence-electron chi connectivity index (χ0n) is 22.0. The summed E-state index contributed by atoms with van der Waals surface area (Å²) < 4.78 is 6.12. The molecule has 1 atom stereocenters. The van der Waals surface area contributed by atoms with Gasteiger partial charge in [0.05, 0.1) is 5.54 Å². The van der Waals surface area contributed by atoms with Gasteiger partial charge in [-0.3, -0.25) is 4.79 Å². The first-order valence-corrected chi connectivity index (χ1v) is 12.8. The fourth-order valence-corrected chi connectivity index (χ4v) is 4.61. The number of nitrogen functional groups attached to an aromatic ring is 1. The van der Waals surface area contributed by atoms with Gasteiger partial charge in [-0.2, -0.15) is 0 Å². The highest BCUT2D eigenvalue weighted by atomic mass is 16.4. The maximum absolute atomic E-state index is 13.6. The van der Waals surface area contributed by atoms with Crippen LogP contribution in [-0.2, 0) is 18.5 Å². The third-order valence-corrected chi connectivity index (χ3v) is 6.64. The smallest absolute Gasteiger partial charge is 0.253 e. The summed E-state index contributed by atoms with van der Waals surface area (Å²) >= 11 is 0. The number of anilines is 1. The van der Waals surface area contributed by atoms with E-state index in [2.05, 4.69) is 10.2 Å². The maximum Gasteiger partial charge on any atom is 0.253 e. The minimum atomic E-state index is -0.872. The topological polar surface area (TPSA) is 111 Å². The molecule has 1 amide bonds. The van der Waals surface area contributed by atoms with Crippen LogP contribution in [0.2, 0.25) is 0 Å². The van der Waals surface area contributed by atoms with Crippen LogP contribution >= 0.6 is 0 Å². The molecule has 0 spiro atoms. The average Bonchev–Trinajstić information content (AvgIpc) is 3.45. The predicted octanol–water partition coefficient (Wildman–Crippen LogP) is 5.67. The number of rotatable bonds is 8. The Morgan fingerprint density at radius 2 is 1.46 bits per heavy atom. The van der Waals surface area contributed by atoms with Crippen LogP contribution in [0, 0.1) is 0 Å². The van der Waals surface area contributed by atoms with Crippen LogP contribution in [0.25, 0.3) is 22.6 Å². The highest BCUT2D eigenvalue weighted by Gasteiger charge is 2.29. The van der Waals surface area contributed by atoms with E-state index in [1.54, 1.807) is 18.0 Å². The van der Waals surface area contributed by atoms with Gasteiger partial charge in [0.2, 0.25) is 11.8 Å². The maximum atomic E-state index is 13.6. The number of benzene rings is 4. The van der Waals surface area contributed by atoms with Gasteiger partial charge in [0.1, 0.15) is 0 Å². The van der Waals surface area contributed by atoms with Gasteiger partial charge >= 0.3 is 0 Å². The molecule has 0 saturated heterocycles. The molecule has 5 rings (SSSR count). The monoisotopic (exact) mass is 517 g/mol. The number of nitrogens with zero attached hydrogens (tertiary/aromatic N) is 3. The van der Waals surface area contributed by atoms with Crippen molar-refractivity contribution in [2.24, 2.45) is 5.73 Å². The van der Waals surface area contributed by atoms with E-state index >= 15 is 0 Å². The minimum Gasteiger partial charge on any atom is -0.419 e. The van der Waals surface area contributed by atoms with Gasteiger partial charge in [-0.25, -0.2) is 0 Å².